The number of hydrogen-bond donors (Lipinski definition) is 1. The third-order valence-electron chi connectivity index (χ3n) is 1.78. The molecule has 2 aromatic rings. The highest BCUT2D eigenvalue weighted by Gasteiger charge is 2.06. The third-order valence-corrected chi connectivity index (χ3v) is 2.60. The van der Waals surface area contributed by atoms with Crippen molar-refractivity contribution in [2.75, 3.05) is 0 Å². The van der Waals surface area contributed by atoms with Gasteiger partial charge >= 0.3 is 0 Å². The Morgan fingerprint density at radius 1 is 1.47 bits per heavy atom. The molecule has 0 amide bonds. The first-order valence-electron chi connectivity index (χ1n) is 4.41. The summed E-state index contributed by atoms with van der Waals surface area (Å²) in [4.78, 5) is 4.11. The van der Waals surface area contributed by atoms with Crippen LogP contribution in [0.15, 0.2) is 18.3 Å². The van der Waals surface area contributed by atoms with E-state index in [9.17, 15) is 0 Å². The Labute approximate surface area is 90.9 Å². The third kappa shape index (κ3) is 2.28. The summed E-state index contributed by atoms with van der Waals surface area (Å²) < 4.78 is 5.52. The van der Waals surface area contributed by atoms with Crippen LogP contribution >= 0.6 is 11.3 Å². The number of nitrogens with zero attached hydrogens (tertiary/aromatic N) is 3. The summed E-state index contributed by atoms with van der Waals surface area (Å²) in [7, 11) is 0. The molecule has 6 heteroatoms. The van der Waals surface area contributed by atoms with Gasteiger partial charge in [-0.2, -0.15) is 0 Å². The molecule has 0 aliphatic heterocycles. The maximum atomic E-state index is 5.52. The maximum absolute atomic E-state index is 5.52. The molecule has 0 unspecified atom stereocenters. The molecule has 2 aromatic heterocycles. The normalized spacial score (nSPS) is 10.3. The number of nitrogens with two attached hydrogens (primary N) is 1. The Hall–Kier alpha value is -1.53. The molecule has 0 atom stereocenters. The van der Waals surface area contributed by atoms with Crippen molar-refractivity contribution in [1.29, 1.82) is 0 Å². The van der Waals surface area contributed by atoms with Crippen LogP contribution in [0.3, 0.4) is 0 Å². The van der Waals surface area contributed by atoms with E-state index in [-0.39, 0.29) is 0 Å². The zero-order valence-electron chi connectivity index (χ0n) is 8.17. The van der Waals surface area contributed by atoms with Gasteiger partial charge in [0.05, 0.1) is 5.69 Å². The molecule has 2 heterocycles. The van der Waals surface area contributed by atoms with Gasteiger partial charge in [0.15, 0.2) is 5.75 Å². The lowest BCUT2D eigenvalue weighted by Gasteiger charge is -2.02. The summed E-state index contributed by atoms with van der Waals surface area (Å²) in [6.45, 7) is 2.26. The molecule has 0 spiro atoms. The van der Waals surface area contributed by atoms with Crippen molar-refractivity contribution < 1.29 is 4.74 Å². The number of rotatable bonds is 3. The van der Waals surface area contributed by atoms with Crippen molar-refractivity contribution in [1.82, 2.24) is 15.2 Å². The van der Waals surface area contributed by atoms with Gasteiger partial charge in [0, 0.05) is 12.7 Å². The van der Waals surface area contributed by atoms with Gasteiger partial charge in [-0.1, -0.05) is 16.4 Å². The van der Waals surface area contributed by atoms with E-state index in [0.717, 1.165) is 10.7 Å². The summed E-state index contributed by atoms with van der Waals surface area (Å²) in [5.41, 5.74) is 6.25. The van der Waals surface area contributed by atoms with Crippen molar-refractivity contribution in [3.63, 3.8) is 0 Å². The standard InChI is InChI=1S/C9H10N4OS/c1-6-7(3-2-4-11-6)14-9-13-12-8(5-10)15-9/h2-4H,5,10H2,1H3. The molecular formula is C9H10N4OS. The van der Waals surface area contributed by atoms with Crippen LogP contribution in [0, 0.1) is 6.92 Å². The summed E-state index contributed by atoms with van der Waals surface area (Å²) in [6.07, 6.45) is 1.72. The largest absolute Gasteiger partial charge is 0.428 e. The van der Waals surface area contributed by atoms with Gasteiger partial charge < -0.3 is 10.5 Å². The maximum Gasteiger partial charge on any atom is 0.299 e. The fraction of sp³-hybridized carbons (Fsp3) is 0.222. The zero-order chi connectivity index (χ0) is 10.7. The van der Waals surface area contributed by atoms with Gasteiger partial charge in [-0.3, -0.25) is 4.98 Å². The second-order valence-electron chi connectivity index (χ2n) is 2.85. The Morgan fingerprint density at radius 3 is 3.00 bits per heavy atom. The van der Waals surface area contributed by atoms with Gasteiger partial charge in [-0.05, 0) is 19.1 Å². The number of hydrogen-bond acceptors (Lipinski definition) is 6. The predicted molar refractivity (Wildman–Crippen MR) is 56.8 cm³/mol. The van der Waals surface area contributed by atoms with Crippen LogP contribution in [0.1, 0.15) is 10.7 Å². The fourth-order valence-corrected chi connectivity index (χ4v) is 1.61. The lowest BCUT2D eigenvalue weighted by atomic mass is 10.3. The van der Waals surface area contributed by atoms with Crippen LogP contribution in [0.25, 0.3) is 0 Å². The quantitative estimate of drug-likeness (QED) is 0.851. The summed E-state index contributed by atoms with van der Waals surface area (Å²) in [5, 5.41) is 8.97. The van der Waals surface area contributed by atoms with Crippen molar-refractivity contribution in [3.05, 3.63) is 29.0 Å². The van der Waals surface area contributed by atoms with Crippen LogP contribution in [-0.4, -0.2) is 15.2 Å². The smallest absolute Gasteiger partial charge is 0.299 e. The zero-order valence-corrected chi connectivity index (χ0v) is 8.99. The number of aryl methyl sites for hydroxylation is 1. The van der Waals surface area contributed by atoms with Crippen molar-refractivity contribution in [3.8, 4) is 10.9 Å². The van der Waals surface area contributed by atoms with E-state index in [0.29, 0.717) is 17.5 Å². The molecular weight excluding hydrogens is 212 g/mol. The first-order valence-corrected chi connectivity index (χ1v) is 5.23. The van der Waals surface area contributed by atoms with Gasteiger partial charge in [0.2, 0.25) is 0 Å². The fourth-order valence-electron chi connectivity index (χ4n) is 1.03. The predicted octanol–water partition coefficient (Wildman–Crippen LogP) is 1.49. The highest BCUT2D eigenvalue weighted by Crippen LogP contribution is 2.25. The van der Waals surface area contributed by atoms with Crippen LogP contribution in [0.5, 0.6) is 10.9 Å². The number of ether oxygens (including phenoxy) is 1. The first kappa shape index (κ1) is 10.0. The molecule has 0 radical (unpaired) electrons. The van der Waals surface area contributed by atoms with Crippen LogP contribution in [-0.2, 0) is 6.54 Å². The lowest BCUT2D eigenvalue weighted by Crippen LogP contribution is -1.94. The molecule has 0 saturated heterocycles. The molecule has 2 rings (SSSR count). The van der Waals surface area contributed by atoms with Crippen LogP contribution in [0.4, 0.5) is 0 Å². The van der Waals surface area contributed by atoms with Crippen LogP contribution in [0.2, 0.25) is 0 Å². The van der Waals surface area contributed by atoms with Crippen molar-refractivity contribution in [2.24, 2.45) is 5.73 Å². The minimum Gasteiger partial charge on any atom is -0.428 e. The molecule has 2 N–H and O–H groups in total. The van der Waals surface area contributed by atoms with Crippen LogP contribution < -0.4 is 10.5 Å². The molecule has 15 heavy (non-hydrogen) atoms. The molecule has 0 aliphatic rings. The van der Waals surface area contributed by atoms with E-state index >= 15 is 0 Å². The van der Waals surface area contributed by atoms with E-state index in [4.69, 9.17) is 10.5 Å². The minimum atomic E-state index is 0.382. The Kier molecular flexibility index (Phi) is 2.89. The molecule has 0 bridgehead atoms. The molecule has 0 aromatic carbocycles. The SMILES string of the molecule is Cc1ncccc1Oc1nnc(CN)s1. The summed E-state index contributed by atoms with van der Waals surface area (Å²) in [5.74, 6) is 0.692. The summed E-state index contributed by atoms with van der Waals surface area (Å²) in [6, 6.07) is 3.65. The van der Waals surface area contributed by atoms with E-state index < -0.39 is 0 Å². The monoisotopic (exact) mass is 222 g/mol. The van der Waals surface area contributed by atoms with E-state index in [2.05, 4.69) is 15.2 Å². The molecule has 5 nitrogen and oxygen atoms in total. The van der Waals surface area contributed by atoms with E-state index in [1.54, 1.807) is 6.20 Å². The second kappa shape index (κ2) is 4.33. The van der Waals surface area contributed by atoms with E-state index in [1.165, 1.54) is 11.3 Å². The number of aromatic nitrogens is 3. The Bertz CT molecular complexity index is 457. The average Bonchev–Trinajstić information content (AvgIpc) is 2.69. The summed E-state index contributed by atoms with van der Waals surface area (Å²) >= 11 is 1.34. The van der Waals surface area contributed by atoms with Gasteiger partial charge in [-0.25, -0.2) is 0 Å². The van der Waals surface area contributed by atoms with E-state index in [1.807, 2.05) is 19.1 Å². The average molecular weight is 222 g/mol. The number of pyridine rings is 1. The van der Waals surface area contributed by atoms with Crippen molar-refractivity contribution >= 4 is 11.3 Å². The van der Waals surface area contributed by atoms with Gasteiger partial charge in [0.25, 0.3) is 5.19 Å². The Morgan fingerprint density at radius 2 is 2.33 bits per heavy atom. The molecule has 0 aliphatic carbocycles. The Balaban J connectivity index is 2.18. The lowest BCUT2D eigenvalue weighted by molar-refractivity contribution is 0.466. The van der Waals surface area contributed by atoms with Crippen molar-refractivity contribution in [2.45, 2.75) is 13.5 Å². The second-order valence-corrected chi connectivity index (χ2v) is 3.88. The highest BCUT2D eigenvalue weighted by atomic mass is 32.1. The first-order chi connectivity index (χ1) is 7.29. The molecule has 0 saturated carbocycles. The topological polar surface area (TPSA) is 73.9 Å². The van der Waals surface area contributed by atoms with Gasteiger partial charge in [0.1, 0.15) is 5.01 Å². The molecule has 78 valence electrons. The minimum absolute atomic E-state index is 0.382. The molecule has 0 fully saturated rings. The van der Waals surface area contributed by atoms with Gasteiger partial charge in [-0.15, -0.1) is 5.10 Å². The highest BCUT2D eigenvalue weighted by molar-refractivity contribution is 7.13.